The van der Waals surface area contributed by atoms with E-state index in [1.54, 1.807) is 0 Å². The Morgan fingerprint density at radius 1 is 0.451 bits per heavy atom. The molecule has 1 aliphatic carbocycles. The van der Waals surface area contributed by atoms with Crippen molar-refractivity contribution in [2.75, 3.05) is 4.90 Å². The molecule has 10 rings (SSSR count). The van der Waals surface area contributed by atoms with Crippen LogP contribution in [0, 0.1) is 0 Å². The lowest BCUT2D eigenvalue weighted by Gasteiger charge is -2.30. The van der Waals surface area contributed by atoms with E-state index in [-0.39, 0.29) is 5.41 Å². The van der Waals surface area contributed by atoms with Gasteiger partial charge in [0.15, 0.2) is 0 Å². The molecule has 0 fully saturated rings. The first-order valence-electron chi connectivity index (χ1n) is 17.8. The first-order chi connectivity index (χ1) is 25.1. The van der Waals surface area contributed by atoms with Gasteiger partial charge in [-0.3, -0.25) is 0 Å². The predicted octanol–water partition coefficient (Wildman–Crippen LogP) is 13.4. The second-order valence-corrected chi connectivity index (χ2v) is 14.2. The molecule has 8 aromatic carbocycles. The normalized spacial score (nSPS) is 13.1. The maximum Gasteiger partial charge on any atom is 0.0562 e. The van der Waals surface area contributed by atoms with Crippen LogP contribution in [0.15, 0.2) is 182 Å². The van der Waals surface area contributed by atoms with Crippen LogP contribution in [0.2, 0.25) is 0 Å². The zero-order valence-electron chi connectivity index (χ0n) is 28.7. The summed E-state index contributed by atoms with van der Waals surface area (Å²) in [5.41, 5.74) is 14.6. The second kappa shape index (κ2) is 11.3. The number of rotatable bonds is 5. The molecule has 0 unspecified atom stereocenters. The van der Waals surface area contributed by atoms with E-state index in [0.717, 1.165) is 22.7 Å². The van der Waals surface area contributed by atoms with Crippen molar-refractivity contribution in [2.45, 2.75) is 19.3 Å². The molecule has 1 heterocycles. The Hall–Kier alpha value is -6.38. The molecule has 0 radical (unpaired) electrons. The maximum atomic E-state index is 2.46. The van der Waals surface area contributed by atoms with Crippen LogP contribution in [-0.2, 0) is 5.41 Å². The van der Waals surface area contributed by atoms with E-state index >= 15 is 0 Å². The maximum absolute atomic E-state index is 2.46. The molecule has 9 aromatic rings. The Kier molecular flexibility index (Phi) is 6.56. The highest BCUT2D eigenvalue weighted by atomic mass is 15.1. The van der Waals surface area contributed by atoms with Gasteiger partial charge < -0.3 is 9.47 Å². The van der Waals surface area contributed by atoms with E-state index in [2.05, 4.69) is 205 Å². The molecule has 1 aliphatic rings. The predicted molar refractivity (Wildman–Crippen MR) is 216 cm³/mol. The topological polar surface area (TPSA) is 8.17 Å². The molecule has 51 heavy (non-hydrogen) atoms. The largest absolute Gasteiger partial charge is 0.310 e. The fourth-order valence-electron chi connectivity index (χ4n) is 8.56. The Labute approximate surface area is 298 Å². The summed E-state index contributed by atoms with van der Waals surface area (Å²) in [4.78, 5) is 2.46. The fourth-order valence-corrected chi connectivity index (χ4v) is 8.56. The Morgan fingerprint density at radius 3 is 1.94 bits per heavy atom. The summed E-state index contributed by atoms with van der Waals surface area (Å²) in [6.45, 7) is 4.72. The van der Waals surface area contributed by atoms with Gasteiger partial charge in [-0.15, -0.1) is 0 Å². The molecule has 2 heteroatoms. The van der Waals surface area contributed by atoms with Crippen molar-refractivity contribution in [1.29, 1.82) is 0 Å². The number of benzene rings is 8. The third-order valence-electron chi connectivity index (χ3n) is 11.0. The van der Waals surface area contributed by atoms with Crippen LogP contribution >= 0.6 is 0 Å². The lowest BCUT2D eigenvalue weighted by atomic mass is 9.82. The fraction of sp³-hybridized carbons (Fsp3) is 0.0612. The van der Waals surface area contributed by atoms with E-state index in [9.17, 15) is 0 Å². The molecule has 0 atom stereocenters. The van der Waals surface area contributed by atoms with Crippen LogP contribution in [0.3, 0.4) is 0 Å². The van der Waals surface area contributed by atoms with Gasteiger partial charge in [-0.05, 0) is 87.1 Å². The van der Waals surface area contributed by atoms with Crippen molar-refractivity contribution < 1.29 is 0 Å². The highest BCUT2D eigenvalue weighted by molar-refractivity contribution is 6.21. The van der Waals surface area contributed by atoms with Gasteiger partial charge in [0.05, 0.1) is 16.7 Å². The monoisotopic (exact) mass is 652 g/mol. The Balaban J connectivity index is 1.27. The molecular weight excluding hydrogens is 617 g/mol. The highest BCUT2D eigenvalue weighted by Crippen LogP contribution is 2.51. The van der Waals surface area contributed by atoms with E-state index in [1.807, 2.05) is 0 Å². The van der Waals surface area contributed by atoms with Crippen molar-refractivity contribution in [3.8, 4) is 27.9 Å². The quantitative estimate of drug-likeness (QED) is 0.180. The van der Waals surface area contributed by atoms with E-state index in [0.29, 0.717) is 0 Å². The smallest absolute Gasteiger partial charge is 0.0562 e. The van der Waals surface area contributed by atoms with Gasteiger partial charge in [0, 0.05) is 38.8 Å². The lowest BCUT2D eigenvalue weighted by molar-refractivity contribution is 0.660. The Morgan fingerprint density at radius 2 is 1.10 bits per heavy atom. The van der Waals surface area contributed by atoms with Gasteiger partial charge in [0.2, 0.25) is 0 Å². The number of nitrogens with zero attached hydrogens (tertiary/aromatic N) is 2. The van der Waals surface area contributed by atoms with E-state index in [4.69, 9.17) is 0 Å². The minimum absolute atomic E-state index is 0.114. The summed E-state index contributed by atoms with van der Waals surface area (Å²) in [5, 5.41) is 5.05. The summed E-state index contributed by atoms with van der Waals surface area (Å²) in [7, 11) is 0. The molecule has 0 spiro atoms. The van der Waals surface area contributed by atoms with Crippen molar-refractivity contribution in [1.82, 2.24) is 4.57 Å². The summed E-state index contributed by atoms with van der Waals surface area (Å²) < 4.78 is 2.43. The third-order valence-corrected chi connectivity index (χ3v) is 11.0. The van der Waals surface area contributed by atoms with Crippen LogP contribution < -0.4 is 4.90 Å². The van der Waals surface area contributed by atoms with Gasteiger partial charge in [-0.25, -0.2) is 0 Å². The second-order valence-electron chi connectivity index (χ2n) is 14.2. The number of aromatic nitrogens is 1. The van der Waals surface area contributed by atoms with Gasteiger partial charge in [0.25, 0.3) is 0 Å². The third kappa shape index (κ3) is 4.50. The number of anilines is 3. The molecule has 0 N–H and O–H groups in total. The zero-order chi connectivity index (χ0) is 34.1. The zero-order valence-corrected chi connectivity index (χ0v) is 28.7. The van der Waals surface area contributed by atoms with Crippen LogP contribution in [-0.4, -0.2) is 4.57 Å². The number of hydrogen-bond donors (Lipinski definition) is 0. The molecular formula is C49H36N2. The first kappa shape index (κ1) is 29.5. The highest BCUT2D eigenvalue weighted by Gasteiger charge is 2.36. The van der Waals surface area contributed by atoms with Crippen molar-refractivity contribution in [2.24, 2.45) is 0 Å². The molecule has 0 aliphatic heterocycles. The molecule has 0 saturated heterocycles. The van der Waals surface area contributed by atoms with E-state index < -0.39 is 0 Å². The van der Waals surface area contributed by atoms with Crippen LogP contribution in [0.25, 0.3) is 60.5 Å². The van der Waals surface area contributed by atoms with E-state index in [1.165, 1.54) is 66.0 Å². The van der Waals surface area contributed by atoms with Crippen LogP contribution in [0.1, 0.15) is 25.0 Å². The van der Waals surface area contributed by atoms with Gasteiger partial charge in [-0.1, -0.05) is 147 Å². The molecule has 0 saturated carbocycles. The molecule has 1 aromatic heterocycles. The van der Waals surface area contributed by atoms with Crippen molar-refractivity contribution in [3.05, 3.63) is 193 Å². The minimum atomic E-state index is -0.114. The number of para-hydroxylation sites is 2. The average molecular weight is 653 g/mol. The SMILES string of the molecule is CC1(C)c2ccccc2-c2ccc(N(c3ccc4c5c6ccccc6ccc5n(-c5ccccc5)c4c3)c3ccccc3-c3ccccc3)cc21. The standard InChI is InChI=1S/C49H36N2/c1-49(2)43-23-13-11-22-40(43)41-28-26-36(31-44(41)49)50(45-24-14-12-20-38(45)33-15-5-3-6-16-33)37-27-29-42-47(32-37)51(35-18-7-4-8-19-35)46-30-25-34-17-9-10-21-39(34)48(42)46/h3-32H,1-2H3. The first-order valence-corrected chi connectivity index (χ1v) is 17.8. The molecule has 0 amide bonds. The van der Waals surface area contributed by atoms with Crippen LogP contribution in [0.4, 0.5) is 17.1 Å². The summed E-state index contributed by atoms with van der Waals surface area (Å²) in [6.07, 6.45) is 0. The van der Waals surface area contributed by atoms with Crippen LogP contribution in [0.5, 0.6) is 0 Å². The summed E-state index contributed by atoms with van der Waals surface area (Å²) >= 11 is 0. The Bertz CT molecular complexity index is 2770. The van der Waals surface area contributed by atoms with Gasteiger partial charge in [-0.2, -0.15) is 0 Å². The van der Waals surface area contributed by atoms with Crippen molar-refractivity contribution in [3.63, 3.8) is 0 Å². The number of hydrogen-bond acceptors (Lipinski definition) is 1. The average Bonchev–Trinajstić information content (AvgIpc) is 3.64. The molecule has 2 nitrogen and oxygen atoms in total. The van der Waals surface area contributed by atoms with Gasteiger partial charge in [0.1, 0.15) is 0 Å². The minimum Gasteiger partial charge on any atom is -0.310 e. The lowest BCUT2D eigenvalue weighted by Crippen LogP contribution is -2.17. The van der Waals surface area contributed by atoms with Crippen molar-refractivity contribution >= 4 is 49.6 Å². The molecule has 242 valence electrons. The molecule has 0 bridgehead atoms. The summed E-state index contributed by atoms with van der Waals surface area (Å²) in [5.74, 6) is 0. The summed E-state index contributed by atoms with van der Waals surface area (Å²) in [6, 6.07) is 66.6. The number of fused-ring (bicyclic) bond motifs is 8. The van der Waals surface area contributed by atoms with Gasteiger partial charge >= 0.3 is 0 Å².